The molecule has 3 atom stereocenters. The van der Waals surface area contributed by atoms with Crippen molar-refractivity contribution < 1.29 is 9.47 Å². The Kier molecular flexibility index (Phi) is 4.07. The molecule has 2 rings (SSSR count). The van der Waals surface area contributed by atoms with Gasteiger partial charge in [0.1, 0.15) is 18.0 Å². The van der Waals surface area contributed by atoms with Gasteiger partial charge in [-0.05, 0) is 37.6 Å². The van der Waals surface area contributed by atoms with Crippen molar-refractivity contribution in [3.8, 4) is 5.75 Å². The lowest BCUT2D eigenvalue weighted by Gasteiger charge is -2.41. The van der Waals surface area contributed by atoms with E-state index >= 15 is 0 Å². The molecule has 1 aliphatic rings. The van der Waals surface area contributed by atoms with E-state index in [1.54, 1.807) is 0 Å². The molecule has 3 unspecified atom stereocenters. The topological polar surface area (TPSA) is 44.5 Å². The van der Waals surface area contributed by atoms with Crippen LogP contribution in [0, 0.1) is 6.92 Å². The Morgan fingerprint density at radius 2 is 2.24 bits per heavy atom. The average molecular weight is 300 g/mol. The quantitative estimate of drug-likeness (QED) is 0.929. The van der Waals surface area contributed by atoms with Gasteiger partial charge in [0.25, 0.3) is 0 Å². The summed E-state index contributed by atoms with van der Waals surface area (Å²) in [4.78, 5) is 0. The summed E-state index contributed by atoms with van der Waals surface area (Å²) in [6.07, 6.45) is 0.980. The molecule has 0 saturated heterocycles. The number of aryl methyl sites for hydroxylation is 1. The number of ether oxygens (including phenoxy) is 2. The van der Waals surface area contributed by atoms with E-state index in [0.717, 1.165) is 22.2 Å². The predicted octanol–water partition coefficient (Wildman–Crippen LogP) is 2.64. The summed E-state index contributed by atoms with van der Waals surface area (Å²) in [6, 6.07) is 6.11. The van der Waals surface area contributed by atoms with Crippen molar-refractivity contribution in [2.75, 3.05) is 6.61 Å². The Bertz CT molecular complexity index is 397. The van der Waals surface area contributed by atoms with Crippen LogP contribution in [-0.2, 0) is 4.74 Å². The molecule has 0 heterocycles. The molecular formula is C13H18BrNO2. The van der Waals surface area contributed by atoms with Gasteiger partial charge in [0.05, 0.1) is 0 Å². The zero-order chi connectivity index (χ0) is 12.4. The van der Waals surface area contributed by atoms with Gasteiger partial charge in [-0.3, -0.25) is 0 Å². The fourth-order valence-corrected chi connectivity index (χ4v) is 2.54. The highest BCUT2D eigenvalue weighted by Gasteiger charge is 2.41. The van der Waals surface area contributed by atoms with Gasteiger partial charge in [0, 0.05) is 23.5 Å². The summed E-state index contributed by atoms with van der Waals surface area (Å²) in [6.45, 7) is 4.69. The molecule has 3 nitrogen and oxygen atoms in total. The third-order valence-electron chi connectivity index (χ3n) is 3.07. The highest BCUT2D eigenvalue weighted by Crippen LogP contribution is 2.30. The number of hydrogen-bond donors (Lipinski definition) is 1. The summed E-state index contributed by atoms with van der Waals surface area (Å²) in [7, 11) is 0. The van der Waals surface area contributed by atoms with E-state index in [2.05, 4.69) is 15.9 Å². The van der Waals surface area contributed by atoms with Crippen molar-refractivity contribution in [1.82, 2.24) is 0 Å². The molecule has 1 aromatic carbocycles. The van der Waals surface area contributed by atoms with Gasteiger partial charge in [0.2, 0.25) is 0 Å². The molecule has 1 aliphatic carbocycles. The summed E-state index contributed by atoms with van der Waals surface area (Å²) < 4.78 is 12.6. The Hall–Kier alpha value is -0.580. The van der Waals surface area contributed by atoms with Gasteiger partial charge < -0.3 is 15.2 Å². The van der Waals surface area contributed by atoms with Gasteiger partial charge in [-0.15, -0.1) is 0 Å². The molecule has 1 aromatic rings. The smallest absolute Gasteiger partial charge is 0.128 e. The normalized spacial score (nSPS) is 27.6. The fourth-order valence-electron chi connectivity index (χ4n) is 2.06. The number of hydrogen-bond acceptors (Lipinski definition) is 3. The van der Waals surface area contributed by atoms with Crippen LogP contribution in [0.1, 0.15) is 18.9 Å². The van der Waals surface area contributed by atoms with Crippen molar-refractivity contribution in [3.63, 3.8) is 0 Å². The highest BCUT2D eigenvalue weighted by atomic mass is 79.9. The number of halogens is 1. The first kappa shape index (κ1) is 12.9. The van der Waals surface area contributed by atoms with Crippen molar-refractivity contribution in [3.05, 3.63) is 28.2 Å². The van der Waals surface area contributed by atoms with Crippen LogP contribution in [-0.4, -0.2) is 24.9 Å². The van der Waals surface area contributed by atoms with E-state index in [1.165, 1.54) is 0 Å². The lowest BCUT2D eigenvalue weighted by molar-refractivity contribution is -0.0947. The van der Waals surface area contributed by atoms with Gasteiger partial charge >= 0.3 is 0 Å². The number of rotatable bonds is 4. The number of benzene rings is 1. The Labute approximate surface area is 110 Å². The molecule has 0 radical (unpaired) electrons. The van der Waals surface area contributed by atoms with E-state index in [4.69, 9.17) is 15.2 Å². The maximum Gasteiger partial charge on any atom is 0.128 e. The van der Waals surface area contributed by atoms with Crippen molar-refractivity contribution in [1.29, 1.82) is 0 Å². The molecule has 0 aromatic heterocycles. The van der Waals surface area contributed by atoms with Crippen molar-refractivity contribution in [2.45, 2.75) is 38.5 Å². The van der Waals surface area contributed by atoms with E-state index in [1.807, 2.05) is 32.0 Å². The van der Waals surface area contributed by atoms with Gasteiger partial charge in [-0.1, -0.05) is 15.9 Å². The van der Waals surface area contributed by atoms with Gasteiger partial charge in [-0.2, -0.15) is 0 Å². The summed E-state index contributed by atoms with van der Waals surface area (Å²) in [5.41, 5.74) is 7.02. The predicted molar refractivity (Wildman–Crippen MR) is 71.3 cm³/mol. The molecule has 2 N–H and O–H groups in total. The lowest BCUT2D eigenvalue weighted by atomic mass is 9.86. The monoisotopic (exact) mass is 299 g/mol. The standard InChI is InChI=1S/C13H18BrNO2/c1-3-16-13-10(15)7-12(13)17-11-5-4-9(14)6-8(11)2/h4-6,10,12-13H,3,7,15H2,1-2H3. The van der Waals surface area contributed by atoms with Crippen LogP contribution in [0.15, 0.2) is 22.7 Å². The van der Waals surface area contributed by atoms with Crippen LogP contribution in [0.5, 0.6) is 5.75 Å². The molecule has 17 heavy (non-hydrogen) atoms. The zero-order valence-electron chi connectivity index (χ0n) is 10.2. The zero-order valence-corrected chi connectivity index (χ0v) is 11.7. The van der Waals surface area contributed by atoms with E-state index in [0.29, 0.717) is 6.61 Å². The molecule has 94 valence electrons. The Morgan fingerprint density at radius 3 is 2.82 bits per heavy atom. The molecule has 1 saturated carbocycles. The maximum absolute atomic E-state index is 5.95. The SMILES string of the molecule is CCOC1C(N)CC1Oc1ccc(Br)cc1C. The Balaban J connectivity index is 2.01. The van der Waals surface area contributed by atoms with E-state index in [9.17, 15) is 0 Å². The van der Waals surface area contributed by atoms with Gasteiger partial charge in [0.15, 0.2) is 0 Å². The highest BCUT2D eigenvalue weighted by molar-refractivity contribution is 9.10. The van der Waals surface area contributed by atoms with Crippen LogP contribution in [0.4, 0.5) is 0 Å². The van der Waals surface area contributed by atoms with E-state index in [-0.39, 0.29) is 18.2 Å². The van der Waals surface area contributed by atoms with Crippen LogP contribution in [0.25, 0.3) is 0 Å². The minimum absolute atomic E-state index is 0.0306. The van der Waals surface area contributed by atoms with Crippen LogP contribution in [0.3, 0.4) is 0 Å². The lowest BCUT2D eigenvalue weighted by Crippen LogP contribution is -2.59. The molecule has 4 heteroatoms. The minimum Gasteiger partial charge on any atom is -0.487 e. The van der Waals surface area contributed by atoms with Gasteiger partial charge in [-0.25, -0.2) is 0 Å². The Morgan fingerprint density at radius 1 is 1.47 bits per heavy atom. The van der Waals surface area contributed by atoms with Crippen molar-refractivity contribution >= 4 is 15.9 Å². The van der Waals surface area contributed by atoms with E-state index < -0.39 is 0 Å². The third kappa shape index (κ3) is 2.81. The molecule has 0 aliphatic heterocycles. The second-order valence-electron chi connectivity index (χ2n) is 4.39. The van der Waals surface area contributed by atoms with Crippen LogP contribution in [0.2, 0.25) is 0 Å². The average Bonchev–Trinajstić information content (AvgIpc) is 2.28. The largest absolute Gasteiger partial charge is 0.487 e. The summed E-state index contributed by atoms with van der Waals surface area (Å²) in [5.74, 6) is 0.912. The first-order chi connectivity index (χ1) is 8.11. The minimum atomic E-state index is 0.0306. The van der Waals surface area contributed by atoms with Crippen molar-refractivity contribution in [2.24, 2.45) is 5.73 Å². The molecular weight excluding hydrogens is 282 g/mol. The van der Waals surface area contributed by atoms with Crippen LogP contribution < -0.4 is 10.5 Å². The second-order valence-corrected chi connectivity index (χ2v) is 5.30. The summed E-state index contributed by atoms with van der Waals surface area (Å²) >= 11 is 3.44. The molecule has 0 spiro atoms. The first-order valence-corrected chi connectivity index (χ1v) is 6.71. The third-order valence-corrected chi connectivity index (χ3v) is 3.56. The number of nitrogens with two attached hydrogens (primary N) is 1. The molecule has 0 bridgehead atoms. The second kappa shape index (κ2) is 5.38. The molecule has 1 fully saturated rings. The van der Waals surface area contributed by atoms with Crippen LogP contribution >= 0.6 is 15.9 Å². The maximum atomic E-state index is 5.95. The first-order valence-electron chi connectivity index (χ1n) is 5.91. The fraction of sp³-hybridized carbons (Fsp3) is 0.538. The summed E-state index contributed by atoms with van der Waals surface area (Å²) in [5, 5.41) is 0. The molecule has 0 amide bonds.